The molecule has 0 aromatic heterocycles. The number of allylic oxidation sites excluding steroid dienone is 22. The third-order valence-corrected chi connectivity index (χ3v) is 11.7. The summed E-state index contributed by atoms with van der Waals surface area (Å²) in [6.45, 7) is 5.29. The van der Waals surface area contributed by atoms with Crippen LogP contribution in [0.5, 0.6) is 0 Å². The molecule has 0 aliphatic carbocycles. The van der Waals surface area contributed by atoms with Crippen LogP contribution in [-0.4, -0.2) is 75.6 Å². The van der Waals surface area contributed by atoms with E-state index in [1.165, 1.54) is 32.1 Å². The van der Waals surface area contributed by atoms with Crippen LogP contribution in [0.25, 0.3) is 0 Å². The van der Waals surface area contributed by atoms with Crippen molar-refractivity contribution in [3.8, 4) is 0 Å². The van der Waals surface area contributed by atoms with Crippen molar-refractivity contribution in [1.29, 1.82) is 0 Å². The van der Waals surface area contributed by atoms with E-state index in [1.807, 2.05) is 21.1 Å². The number of esters is 1. The van der Waals surface area contributed by atoms with Crippen molar-refractivity contribution in [2.45, 2.75) is 187 Å². The fourth-order valence-electron chi connectivity index (χ4n) is 6.64. The minimum atomic E-state index is -4.30. The number of phosphoric ester groups is 1. The molecule has 0 bridgehead atoms. The molecule has 69 heavy (non-hydrogen) atoms. The Balaban J connectivity index is 4.25. The Kier molecular flexibility index (Phi) is 48.5. The topological polar surface area (TPSA) is 91.3 Å². The van der Waals surface area contributed by atoms with Crippen molar-refractivity contribution in [2.75, 3.05) is 54.1 Å². The minimum Gasteiger partial charge on any atom is -0.457 e. The summed E-state index contributed by atoms with van der Waals surface area (Å²) >= 11 is 0. The number of ether oxygens (including phenoxy) is 2. The number of hydrogen-bond donors (Lipinski definition) is 1. The molecule has 0 aliphatic rings. The Morgan fingerprint density at radius 1 is 0.449 bits per heavy atom. The number of nitrogens with zero attached hydrogens (tertiary/aromatic N) is 1. The van der Waals surface area contributed by atoms with Gasteiger partial charge in [0.2, 0.25) is 0 Å². The smallest absolute Gasteiger partial charge is 0.457 e. The predicted molar refractivity (Wildman–Crippen MR) is 297 cm³/mol. The highest BCUT2D eigenvalue weighted by molar-refractivity contribution is 7.47. The molecule has 0 heterocycles. The Morgan fingerprint density at radius 3 is 1.19 bits per heavy atom. The molecule has 8 nitrogen and oxygen atoms in total. The van der Waals surface area contributed by atoms with Crippen LogP contribution in [0, 0.1) is 0 Å². The summed E-state index contributed by atoms with van der Waals surface area (Å²) in [6, 6.07) is 0. The van der Waals surface area contributed by atoms with Gasteiger partial charge >= 0.3 is 13.8 Å². The number of quaternary nitrogens is 1. The number of unbranched alkanes of at least 4 members (excludes halogenated alkanes) is 12. The maximum atomic E-state index is 12.8. The zero-order valence-corrected chi connectivity index (χ0v) is 45.4. The number of carbonyl (C=O) groups excluding carboxylic acids is 1. The van der Waals surface area contributed by atoms with Gasteiger partial charge in [0.25, 0.3) is 0 Å². The largest absolute Gasteiger partial charge is 0.472 e. The molecule has 0 aliphatic heterocycles. The van der Waals surface area contributed by atoms with E-state index in [4.69, 9.17) is 18.5 Å². The summed E-state index contributed by atoms with van der Waals surface area (Å²) in [5.41, 5.74) is 0. The van der Waals surface area contributed by atoms with Crippen LogP contribution in [0.2, 0.25) is 0 Å². The van der Waals surface area contributed by atoms with E-state index in [0.717, 1.165) is 128 Å². The van der Waals surface area contributed by atoms with Crippen LogP contribution < -0.4 is 0 Å². The predicted octanol–water partition coefficient (Wildman–Crippen LogP) is 17.1. The Bertz CT molecular complexity index is 1560. The monoisotopic (exact) mass is 979 g/mol. The fourth-order valence-corrected chi connectivity index (χ4v) is 7.38. The first-order chi connectivity index (χ1) is 33.6. The Hall–Kier alpha value is -3.36. The maximum absolute atomic E-state index is 12.8. The summed E-state index contributed by atoms with van der Waals surface area (Å²) in [7, 11) is 1.62. The molecule has 0 amide bonds. The number of carbonyl (C=O) groups is 1. The fraction of sp³-hybridized carbons (Fsp3) is 0.617. The first-order valence-electron chi connectivity index (χ1n) is 26.9. The second kappa shape index (κ2) is 51.0. The molecule has 0 rings (SSSR count). The van der Waals surface area contributed by atoms with E-state index in [-0.39, 0.29) is 25.8 Å². The van der Waals surface area contributed by atoms with E-state index in [1.54, 1.807) is 0 Å². The molecular weight excluding hydrogens is 878 g/mol. The normalized spacial score (nSPS) is 14.6. The molecule has 9 heteroatoms. The van der Waals surface area contributed by atoms with Crippen LogP contribution in [0.15, 0.2) is 134 Å². The Labute approximate surface area is 424 Å². The molecule has 0 aromatic carbocycles. The lowest BCUT2D eigenvalue weighted by atomic mass is 10.1. The zero-order chi connectivity index (χ0) is 50.5. The van der Waals surface area contributed by atoms with Crippen LogP contribution in [-0.2, 0) is 27.9 Å². The van der Waals surface area contributed by atoms with Crippen LogP contribution in [0.1, 0.15) is 181 Å². The van der Waals surface area contributed by atoms with Crippen LogP contribution in [0.4, 0.5) is 0 Å². The van der Waals surface area contributed by atoms with E-state index < -0.39 is 13.9 Å². The van der Waals surface area contributed by atoms with Gasteiger partial charge in [-0.25, -0.2) is 4.57 Å². The van der Waals surface area contributed by atoms with E-state index in [9.17, 15) is 14.3 Å². The zero-order valence-electron chi connectivity index (χ0n) is 44.5. The van der Waals surface area contributed by atoms with Crippen molar-refractivity contribution in [2.24, 2.45) is 0 Å². The van der Waals surface area contributed by atoms with Gasteiger partial charge in [-0.05, 0) is 109 Å². The maximum Gasteiger partial charge on any atom is 0.472 e. The molecule has 0 saturated heterocycles. The van der Waals surface area contributed by atoms with E-state index >= 15 is 0 Å². The molecule has 0 aromatic rings. The highest BCUT2D eigenvalue weighted by atomic mass is 31.2. The van der Waals surface area contributed by atoms with Crippen molar-refractivity contribution in [3.63, 3.8) is 0 Å². The number of likely N-dealkylation sites (N-methyl/N-ethyl adjacent to an activating group) is 1. The molecule has 1 N–H and O–H groups in total. The molecule has 0 spiro atoms. The van der Waals surface area contributed by atoms with Crippen LogP contribution in [0.3, 0.4) is 0 Å². The lowest BCUT2D eigenvalue weighted by molar-refractivity contribution is -0.870. The molecule has 0 fully saturated rings. The van der Waals surface area contributed by atoms with E-state index in [0.29, 0.717) is 24.1 Å². The van der Waals surface area contributed by atoms with Crippen LogP contribution >= 0.6 is 7.82 Å². The first-order valence-corrected chi connectivity index (χ1v) is 28.4. The average molecular weight is 979 g/mol. The number of phosphoric acid groups is 1. The van der Waals surface area contributed by atoms with Gasteiger partial charge in [-0.1, -0.05) is 199 Å². The standard InChI is InChI=1S/C60H100NO7P/c1-6-8-10-12-14-16-18-20-22-24-26-28-29-30-31-32-34-36-38-40-42-44-46-48-50-52-55-65-57-59(58-67-69(63,64)66-56-54-61(3,4)5)68-60(62)53-51-49-47-45-43-41-39-37-35-33-27-25-23-21-19-17-15-13-11-9-7-2/h8-11,14-17,20-23,26-28,30-31,33-34,36,40,42,59H,6-7,12-13,18-19,24-25,29,32,35,37-39,41,43-58H2,1-5H3/p+1/b10-8-,11-9-,16-14-,17-15-,22-20-,23-21-,28-26-,31-30-,33-27-,36-34-,42-40-. The van der Waals surface area contributed by atoms with Gasteiger partial charge in [0, 0.05) is 13.0 Å². The molecule has 0 radical (unpaired) electrons. The summed E-state index contributed by atoms with van der Waals surface area (Å²) in [4.78, 5) is 23.0. The van der Waals surface area contributed by atoms with Gasteiger partial charge in [-0.2, -0.15) is 0 Å². The third kappa shape index (κ3) is 55.4. The average Bonchev–Trinajstić information content (AvgIpc) is 3.31. The summed E-state index contributed by atoms with van der Waals surface area (Å²) in [5, 5.41) is 0. The van der Waals surface area contributed by atoms with Gasteiger partial charge in [0.1, 0.15) is 19.3 Å². The van der Waals surface area contributed by atoms with Crippen molar-refractivity contribution >= 4 is 13.8 Å². The minimum absolute atomic E-state index is 0.0729. The molecule has 2 unspecified atom stereocenters. The van der Waals surface area contributed by atoms with Gasteiger partial charge in [0.15, 0.2) is 0 Å². The molecule has 392 valence electrons. The quantitative estimate of drug-likeness (QED) is 0.0213. The van der Waals surface area contributed by atoms with Crippen molar-refractivity contribution < 1.29 is 37.3 Å². The summed E-state index contributed by atoms with van der Waals surface area (Å²) in [5.74, 6) is -0.337. The lowest BCUT2D eigenvalue weighted by Gasteiger charge is -2.24. The van der Waals surface area contributed by atoms with Gasteiger partial charge in [0.05, 0.1) is 34.4 Å². The molecule has 2 atom stereocenters. The Morgan fingerprint density at radius 2 is 0.797 bits per heavy atom. The van der Waals surface area contributed by atoms with Gasteiger partial charge in [-0.15, -0.1) is 0 Å². The number of hydrogen-bond acceptors (Lipinski definition) is 6. The van der Waals surface area contributed by atoms with Crippen molar-refractivity contribution in [3.05, 3.63) is 134 Å². The SMILES string of the molecule is CC/C=C\C/C=C\C/C=C\C/C=C\C/C=C\C/C=C\C/C=C\CCCCCCOCC(COP(=O)(O)OCC[N+](C)(C)C)OC(=O)CCCCCCCCCC/C=C\C/C=C\C/C=C\C/C=C\CC. The summed E-state index contributed by atoms with van der Waals surface area (Å²) < 4.78 is 35.2. The van der Waals surface area contributed by atoms with E-state index in [2.05, 4.69) is 148 Å². The van der Waals surface area contributed by atoms with Gasteiger partial charge in [-0.3, -0.25) is 13.8 Å². The second-order valence-electron chi connectivity index (χ2n) is 18.5. The van der Waals surface area contributed by atoms with Crippen molar-refractivity contribution in [1.82, 2.24) is 0 Å². The first kappa shape index (κ1) is 65.6. The summed E-state index contributed by atoms with van der Waals surface area (Å²) in [6.07, 6.45) is 75.0. The lowest BCUT2D eigenvalue weighted by Crippen LogP contribution is -2.37. The second-order valence-corrected chi connectivity index (χ2v) is 19.9. The molecular formula is C60H101NO7P+. The number of rotatable bonds is 48. The highest BCUT2D eigenvalue weighted by Crippen LogP contribution is 2.43. The van der Waals surface area contributed by atoms with Gasteiger partial charge < -0.3 is 18.9 Å². The highest BCUT2D eigenvalue weighted by Gasteiger charge is 2.26. The third-order valence-electron chi connectivity index (χ3n) is 10.7. The molecule has 0 saturated carbocycles.